The summed E-state index contributed by atoms with van der Waals surface area (Å²) >= 11 is 0. The number of benzene rings is 2. The molecule has 0 radical (unpaired) electrons. The van der Waals surface area contributed by atoms with Crippen molar-refractivity contribution < 1.29 is 19.4 Å². The van der Waals surface area contributed by atoms with Crippen molar-refractivity contribution >= 4 is 11.7 Å². The van der Waals surface area contributed by atoms with Crippen LogP contribution in [-0.4, -0.2) is 61.6 Å². The van der Waals surface area contributed by atoms with Gasteiger partial charge in [-0.05, 0) is 49.9 Å². The number of likely N-dealkylation sites (N-methyl/N-ethyl adjacent to an activating group) is 1. The van der Waals surface area contributed by atoms with Gasteiger partial charge in [-0.3, -0.25) is 9.69 Å². The van der Waals surface area contributed by atoms with Gasteiger partial charge in [-0.25, -0.2) is 0 Å². The van der Waals surface area contributed by atoms with E-state index in [1.54, 1.807) is 0 Å². The van der Waals surface area contributed by atoms with E-state index >= 15 is 0 Å². The maximum atomic E-state index is 13.9. The van der Waals surface area contributed by atoms with Gasteiger partial charge in [0.15, 0.2) is 5.72 Å². The number of rotatable bonds is 2. The van der Waals surface area contributed by atoms with Crippen LogP contribution in [0.3, 0.4) is 0 Å². The molecular weight excluding hydrogens is 440 g/mol. The van der Waals surface area contributed by atoms with Crippen molar-refractivity contribution in [1.82, 2.24) is 4.90 Å². The smallest absolute Gasteiger partial charge is 0.315 e. The molecule has 6 heteroatoms. The van der Waals surface area contributed by atoms with Crippen molar-refractivity contribution in [2.24, 2.45) is 11.3 Å². The summed E-state index contributed by atoms with van der Waals surface area (Å²) in [5.41, 5.74) is 4.29. The number of hydrogen-bond donors (Lipinski definition) is 1. The molecule has 4 fully saturated rings. The van der Waals surface area contributed by atoms with E-state index in [4.69, 9.17) is 9.47 Å². The van der Waals surface area contributed by atoms with E-state index in [0.717, 1.165) is 48.3 Å². The number of fused-ring (bicyclic) bond motifs is 3. The lowest BCUT2D eigenvalue weighted by Gasteiger charge is -2.66. The number of esters is 1. The Morgan fingerprint density at radius 1 is 1.26 bits per heavy atom. The predicted octanol–water partition coefficient (Wildman–Crippen LogP) is 4.00. The maximum absolute atomic E-state index is 13.9. The molecule has 4 aliphatic heterocycles. The average molecular weight is 473 g/mol. The van der Waals surface area contributed by atoms with Crippen LogP contribution in [0.15, 0.2) is 48.0 Å². The molecule has 5 atom stereocenters. The minimum atomic E-state index is -0.816. The van der Waals surface area contributed by atoms with Gasteiger partial charge in [-0.2, -0.15) is 0 Å². The zero-order valence-electron chi connectivity index (χ0n) is 20.8. The van der Waals surface area contributed by atoms with Crippen molar-refractivity contribution in [2.75, 3.05) is 38.8 Å². The largest absolute Gasteiger partial charge is 0.507 e. The van der Waals surface area contributed by atoms with E-state index in [1.165, 1.54) is 18.2 Å². The maximum Gasteiger partial charge on any atom is 0.315 e. The van der Waals surface area contributed by atoms with E-state index in [2.05, 4.69) is 67.1 Å². The first-order valence-corrected chi connectivity index (χ1v) is 12.7. The third-order valence-corrected chi connectivity index (χ3v) is 10.2. The monoisotopic (exact) mass is 472 g/mol. The van der Waals surface area contributed by atoms with Crippen LogP contribution in [0.5, 0.6) is 5.75 Å². The molecule has 2 aromatic carbocycles. The van der Waals surface area contributed by atoms with E-state index in [0.29, 0.717) is 6.61 Å². The number of phenolic OH excluding ortho intramolecular Hbond substituents is 1. The second kappa shape index (κ2) is 6.68. The van der Waals surface area contributed by atoms with Crippen LogP contribution in [-0.2, 0) is 19.7 Å². The number of phenols is 1. The molecule has 0 aromatic heterocycles. The summed E-state index contributed by atoms with van der Waals surface area (Å²) in [5.74, 6) is 0.132. The first-order chi connectivity index (χ1) is 16.9. The van der Waals surface area contributed by atoms with E-state index in [9.17, 15) is 9.90 Å². The van der Waals surface area contributed by atoms with Gasteiger partial charge in [0.2, 0.25) is 0 Å². The Labute approximate surface area is 206 Å². The molecule has 0 unspecified atom stereocenters. The fourth-order valence-corrected chi connectivity index (χ4v) is 8.78. The number of methoxy groups -OCH3 is 1. The number of aryl methyl sites for hydroxylation is 1. The summed E-state index contributed by atoms with van der Waals surface area (Å²) in [6.45, 7) is 6.25. The number of ether oxygens (including phenoxy) is 2. The number of carbonyl (C=O) groups is 1. The van der Waals surface area contributed by atoms with E-state index in [-0.39, 0.29) is 23.7 Å². The van der Waals surface area contributed by atoms with E-state index in [1.807, 2.05) is 6.07 Å². The molecule has 5 bridgehead atoms. The summed E-state index contributed by atoms with van der Waals surface area (Å²) in [6, 6.07) is 12.4. The summed E-state index contributed by atoms with van der Waals surface area (Å²) < 4.78 is 12.5. The number of nitrogens with zero attached hydrogens (tertiary/aromatic N) is 2. The van der Waals surface area contributed by atoms with Crippen molar-refractivity contribution in [3.05, 3.63) is 59.2 Å². The standard InChI is InChI=1S/C29H32N2O4/c1-5-18-15-31-11-10-28-22-13-24(32)20(19-8-6-17(2)7-9-19)12-23(22)30(3)29(28)25(31)14-21(18)27(28,16-35-29)26(33)34-4/h5-9,12-13,21,25,32H,10-11,14-16H2,1-4H3/b18-5-/t21-,25-,27-,28-,29+/m0/s1. The van der Waals surface area contributed by atoms with Gasteiger partial charge in [0, 0.05) is 37.3 Å². The molecule has 2 aromatic rings. The SMILES string of the molecule is C/C=C1/CN2CC[C@@]34c5cc(O)c(-c6ccc(C)cc6)cc5N(C)[C@]35OC[C@@]4(C(=O)OC)[C@H]1C[C@H]25. The van der Waals surface area contributed by atoms with Gasteiger partial charge in [0.1, 0.15) is 11.2 Å². The molecule has 5 aliphatic rings. The average Bonchev–Trinajstić information content (AvgIpc) is 3.24. The fourth-order valence-electron chi connectivity index (χ4n) is 8.78. The van der Waals surface area contributed by atoms with Crippen molar-refractivity contribution in [3.63, 3.8) is 0 Å². The van der Waals surface area contributed by atoms with Gasteiger partial charge >= 0.3 is 5.97 Å². The first-order valence-electron chi connectivity index (χ1n) is 12.7. The Morgan fingerprint density at radius 3 is 2.74 bits per heavy atom. The summed E-state index contributed by atoms with van der Waals surface area (Å²) in [5, 5.41) is 11.4. The van der Waals surface area contributed by atoms with Crippen LogP contribution in [0.25, 0.3) is 11.1 Å². The number of allylic oxidation sites excluding steroid dienone is 1. The molecule has 0 spiro atoms. The lowest BCUT2D eigenvalue weighted by atomic mass is 9.43. The van der Waals surface area contributed by atoms with Gasteiger partial charge in [0.25, 0.3) is 0 Å². The van der Waals surface area contributed by atoms with Gasteiger partial charge in [-0.1, -0.05) is 41.5 Å². The topological polar surface area (TPSA) is 62.2 Å². The highest BCUT2D eigenvalue weighted by atomic mass is 16.6. The first kappa shape index (κ1) is 21.5. The number of hydrogen-bond acceptors (Lipinski definition) is 6. The predicted molar refractivity (Wildman–Crippen MR) is 133 cm³/mol. The molecule has 3 saturated heterocycles. The molecule has 4 heterocycles. The van der Waals surface area contributed by atoms with Crippen LogP contribution in [0.2, 0.25) is 0 Å². The molecule has 35 heavy (non-hydrogen) atoms. The van der Waals surface area contributed by atoms with Crippen LogP contribution in [0.4, 0.5) is 5.69 Å². The van der Waals surface area contributed by atoms with Crippen LogP contribution >= 0.6 is 0 Å². The second-order valence-electron chi connectivity index (χ2n) is 11.1. The van der Waals surface area contributed by atoms with Gasteiger partial charge in [-0.15, -0.1) is 0 Å². The Kier molecular flexibility index (Phi) is 4.09. The number of carbonyl (C=O) groups excluding carboxylic acids is 1. The summed E-state index contributed by atoms with van der Waals surface area (Å²) in [4.78, 5) is 18.8. The molecule has 1 N–H and O–H groups in total. The summed E-state index contributed by atoms with van der Waals surface area (Å²) in [7, 11) is 3.61. The number of aromatic hydroxyl groups is 1. The zero-order valence-corrected chi connectivity index (χ0v) is 20.8. The van der Waals surface area contributed by atoms with Crippen molar-refractivity contribution in [1.29, 1.82) is 0 Å². The van der Waals surface area contributed by atoms with Crippen molar-refractivity contribution in [3.8, 4) is 16.9 Å². The van der Waals surface area contributed by atoms with Gasteiger partial charge < -0.3 is 19.5 Å². The van der Waals surface area contributed by atoms with Gasteiger partial charge in [0.05, 0.1) is 25.2 Å². The lowest BCUT2D eigenvalue weighted by molar-refractivity contribution is -0.184. The molecule has 1 aliphatic carbocycles. The molecule has 6 nitrogen and oxygen atoms in total. The van der Waals surface area contributed by atoms with E-state index < -0.39 is 16.6 Å². The third-order valence-electron chi connectivity index (χ3n) is 10.2. The Balaban J connectivity index is 1.53. The molecular formula is C29H32N2O4. The highest BCUT2D eigenvalue weighted by Gasteiger charge is 2.86. The Morgan fingerprint density at radius 2 is 2.03 bits per heavy atom. The summed E-state index contributed by atoms with van der Waals surface area (Å²) in [6.07, 6.45) is 3.87. The van der Waals surface area contributed by atoms with Crippen LogP contribution < -0.4 is 4.90 Å². The normalized spacial score (nSPS) is 37.5. The molecule has 1 saturated carbocycles. The molecule has 0 amide bonds. The molecule has 7 rings (SSSR count). The molecule has 182 valence electrons. The second-order valence-corrected chi connectivity index (χ2v) is 11.1. The third kappa shape index (κ3) is 2.11. The van der Waals surface area contributed by atoms with Crippen LogP contribution in [0.1, 0.15) is 30.9 Å². The zero-order chi connectivity index (χ0) is 24.3. The quantitative estimate of drug-likeness (QED) is 0.527. The fraction of sp³-hybridized carbons (Fsp3) is 0.483. The van der Waals surface area contributed by atoms with Crippen molar-refractivity contribution in [2.45, 2.75) is 43.9 Å². The lowest BCUT2D eigenvalue weighted by Crippen LogP contribution is -2.80. The number of piperidine rings is 2. The minimum Gasteiger partial charge on any atom is -0.507 e. The minimum absolute atomic E-state index is 0.0652. The number of anilines is 1. The highest BCUT2D eigenvalue weighted by Crippen LogP contribution is 2.76. The van der Waals surface area contributed by atoms with Crippen LogP contribution in [0, 0.1) is 18.3 Å². The Hall–Kier alpha value is -2.83. The highest BCUT2D eigenvalue weighted by molar-refractivity contribution is 5.88. The Bertz CT molecular complexity index is 1300.